The third-order valence-corrected chi connectivity index (χ3v) is 3.12. The van der Waals surface area contributed by atoms with E-state index in [1.165, 1.54) is 11.3 Å². The maximum Gasteiger partial charge on any atom is 0.0712 e. The Morgan fingerprint density at radius 3 is 2.67 bits per heavy atom. The van der Waals surface area contributed by atoms with Crippen LogP contribution in [-0.4, -0.2) is 21.5 Å². The lowest BCUT2D eigenvalue weighted by Gasteiger charge is -2.17. The van der Waals surface area contributed by atoms with Crippen LogP contribution in [0.3, 0.4) is 0 Å². The Labute approximate surface area is 91.1 Å². The molecule has 1 aliphatic rings. The summed E-state index contributed by atoms with van der Waals surface area (Å²) in [6.45, 7) is 6.88. The van der Waals surface area contributed by atoms with Crippen molar-refractivity contribution >= 4 is 0 Å². The van der Waals surface area contributed by atoms with Gasteiger partial charge in [-0.25, -0.2) is 0 Å². The molecule has 0 saturated heterocycles. The summed E-state index contributed by atoms with van der Waals surface area (Å²) in [4.78, 5) is 0. The first-order valence-corrected chi connectivity index (χ1v) is 5.58. The van der Waals surface area contributed by atoms with Crippen molar-refractivity contribution < 1.29 is 5.11 Å². The lowest BCUT2D eigenvalue weighted by Crippen LogP contribution is -2.14. The van der Waals surface area contributed by atoms with E-state index in [1.807, 2.05) is 11.7 Å². The number of nitrogens with zero attached hydrogens (tertiary/aromatic N) is 2. The summed E-state index contributed by atoms with van der Waals surface area (Å²) in [5.41, 5.74) is 2.62. The number of aliphatic hydroxyl groups excluding tert-OH is 1. The average molecular weight is 208 g/mol. The lowest BCUT2D eigenvalue weighted by molar-refractivity contribution is 0.274. The molecule has 1 heterocycles. The topological polar surface area (TPSA) is 38.0 Å². The van der Waals surface area contributed by atoms with Crippen LogP contribution in [0.15, 0.2) is 6.20 Å². The van der Waals surface area contributed by atoms with Gasteiger partial charge in [0.05, 0.1) is 5.69 Å². The average Bonchev–Trinajstić information content (AvgIpc) is 2.80. The Morgan fingerprint density at radius 1 is 1.53 bits per heavy atom. The highest BCUT2D eigenvalue weighted by molar-refractivity contribution is 5.32. The van der Waals surface area contributed by atoms with Crippen LogP contribution in [-0.2, 0) is 12.5 Å². The highest BCUT2D eigenvalue weighted by Gasteiger charge is 2.41. The molecule has 1 N–H and O–H groups in total. The van der Waals surface area contributed by atoms with Crippen LogP contribution < -0.4 is 0 Å². The Kier molecular flexibility index (Phi) is 2.38. The predicted octanol–water partition coefficient (Wildman–Crippen LogP) is 1.81. The molecule has 15 heavy (non-hydrogen) atoms. The van der Waals surface area contributed by atoms with Gasteiger partial charge in [0, 0.05) is 25.3 Å². The van der Waals surface area contributed by atoms with Crippen molar-refractivity contribution in [3.8, 4) is 0 Å². The Bertz CT molecular complexity index is 362. The second-order valence-electron chi connectivity index (χ2n) is 5.64. The van der Waals surface area contributed by atoms with Crippen molar-refractivity contribution in [1.29, 1.82) is 0 Å². The van der Waals surface area contributed by atoms with Crippen LogP contribution in [0, 0.1) is 5.92 Å². The normalized spacial score (nSPS) is 25.7. The van der Waals surface area contributed by atoms with Crippen LogP contribution in [0.4, 0.5) is 0 Å². The summed E-state index contributed by atoms with van der Waals surface area (Å²) in [6, 6.07) is 0. The minimum absolute atomic E-state index is 0.0964. The fourth-order valence-corrected chi connectivity index (χ4v) is 2.19. The molecule has 84 valence electrons. The zero-order valence-electron chi connectivity index (χ0n) is 9.99. The van der Waals surface area contributed by atoms with E-state index < -0.39 is 0 Å². The van der Waals surface area contributed by atoms with Crippen LogP contribution in [0.1, 0.15) is 44.4 Å². The Morgan fingerprint density at radius 2 is 2.20 bits per heavy atom. The van der Waals surface area contributed by atoms with Gasteiger partial charge in [-0.2, -0.15) is 5.10 Å². The van der Waals surface area contributed by atoms with Gasteiger partial charge in [-0.3, -0.25) is 4.68 Å². The SMILES string of the molecule is Cn1cc(C2CC2CO)c(C(C)(C)C)n1. The van der Waals surface area contributed by atoms with Gasteiger partial charge in [-0.1, -0.05) is 20.8 Å². The molecular formula is C12H20N2O. The van der Waals surface area contributed by atoms with E-state index in [1.54, 1.807) is 0 Å². The summed E-state index contributed by atoms with van der Waals surface area (Å²) >= 11 is 0. The van der Waals surface area contributed by atoms with Crippen molar-refractivity contribution in [1.82, 2.24) is 9.78 Å². The van der Waals surface area contributed by atoms with Gasteiger partial charge >= 0.3 is 0 Å². The molecule has 1 fully saturated rings. The molecule has 2 atom stereocenters. The van der Waals surface area contributed by atoms with Gasteiger partial charge in [0.2, 0.25) is 0 Å². The molecule has 2 rings (SSSR count). The summed E-state index contributed by atoms with van der Waals surface area (Å²) in [6.07, 6.45) is 3.23. The van der Waals surface area contributed by atoms with Gasteiger partial charge in [-0.15, -0.1) is 0 Å². The molecule has 3 nitrogen and oxygen atoms in total. The van der Waals surface area contributed by atoms with E-state index in [0.29, 0.717) is 18.4 Å². The number of hydrogen-bond donors (Lipinski definition) is 1. The van der Waals surface area contributed by atoms with Crippen molar-refractivity contribution in [3.05, 3.63) is 17.5 Å². The summed E-state index contributed by atoms with van der Waals surface area (Å²) in [7, 11) is 1.97. The van der Waals surface area contributed by atoms with Gasteiger partial charge in [-0.05, 0) is 23.8 Å². The number of hydrogen-bond acceptors (Lipinski definition) is 2. The molecule has 0 spiro atoms. The number of rotatable bonds is 2. The van der Waals surface area contributed by atoms with Crippen molar-refractivity contribution in [2.45, 2.75) is 38.5 Å². The number of aryl methyl sites for hydroxylation is 1. The lowest BCUT2D eigenvalue weighted by atomic mass is 9.88. The van der Waals surface area contributed by atoms with E-state index >= 15 is 0 Å². The van der Waals surface area contributed by atoms with E-state index in [9.17, 15) is 0 Å². The fourth-order valence-electron chi connectivity index (χ4n) is 2.19. The van der Waals surface area contributed by atoms with Crippen molar-refractivity contribution in [2.24, 2.45) is 13.0 Å². The van der Waals surface area contributed by atoms with E-state index in [4.69, 9.17) is 5.11 Å². The van der Waals surface area contributed by atoms with Crippen molar-refractivity contribution in [2.75, 3.05) is 6.61 Å². The zero-order chi connectivity index (χ0) is 11.2. The Balaban J connectivity index is 2.31. The molecule has 0 amide bonds. The Hall–Kier alpha value is -0.830. The molecule has 2 unspecified atom stereocenters. The minimum atomic E-state index is 0.0964. The highest BCUT2D eigenvalue weighted by atomic mass is 16.3. The second kappa shape index (κ2) is 3.34. The van der Waals surface area contributed by atoms with E-state index in [0.717, 1.165) is 6.42 Å². The zero-order valence-corrected chi connectivity index (χ0v) is 9.99. The van der Waals surface area contributed by atoms with Gasteiger partial charge in [0.25, 0.3) is 0 Å². The minimum Gasteiger partial charge on any atom is -0.396 e. The number of aliphatic hydroxyl groups is 1. The summed E-state index contributed by atoms with van der Waals surface area (Å²) in [5.74, 6) is 1.01. The van der Waals surface area contributed by atoms with Crippen LogP contribution in [0.2, 0.25) is 0 Å². The molecule has 3 heteroatoms. The van der Waals surface area contributed by atoms with Crippen LogP contribution in [0.25, 0.3) is 0 Å². The van der Waals surface area contributed by atoms with E-state index in [-0.39, 0.29) is 5.41 Å². The monoisotopic (exact) mass is 208 g/mol. The number of aromatic nitrogens is 2. The molecule has 1 aliphatic carbocycles. The van der Waals surface area contributed by atoms with Gasteiger partial charge in [0.15, 0.2) is 0 Å². The first-order chi connectivity index (χ1) is 6.93. The highest BCUT2D eigenvalue weighted by Crippen LogP contribution is 2.49. The first-order valence-electron chi connectivity index (χ1n) is 5.58. The van der Waals surface area contributed by atoms with Gasteiger partial charge < -0.3 is 5.11 Å². The standard InChI is InChI=1S/C12H20N2O/c1-12(2,3)11-10(6-14(4)13-11)9-5-8(9)7-15/h6,8-9,15H,5,7H2,1-4H3. The first kappa shape index (κ1) is 10.7. The quantitative estimate of drug-likeness (QED) is 0.805. The fraction of sp³-hybridized carbons (Fsp3) is 0.750. The summed E-state index contributed by atoms with van der Waals surface area (Å²) in [5, 5.41) is 13.7. The second-order valence-corrected chi connectivity index (χ2v) is 5.64. The molecule has 0 aromatic carbocycles. The molecule has 1 aromatic heterocycles. The third-order valence-electron chi connectivity index (χ3n) is 3.12. The van der Waals surface area contributed by atoms with Crippen molar-refractivity contribution in [3.63, 3.8) is 0 Å². The van der Waals surface area contributed by atoms with Crippen LogP contribution in [0.5, 0.6) is 0 Å². The molecule has 0 aliphatic heterocycles. The maximum absolute atomic E-state index is 9.11. The predicted molar refractivity (Wildman–Crippen MR) is 59.8 cm³/mol. The molecular weight excluding hydrogens is 188 g/mol. The van der Waals surface area contributed by atoms with E-state index in [2.05, 4.69) is 32.1 Å². The molecule has 1 saturated carbocycles. The maximum atomic E-state index is 9.11. The smallest absolute Gasteiger partial charge is 0.0712 e. The summed E-state index contributed by atoms with van der Waals surface area (Å²) < 4.78 is 1.89. The molecule has 1 aromatic rings. The van der Waals surface area contributed by atoms with Crippen LogP contribution >= 0.6 is 0 Å². The largest absolute Gasteiger partial charge is 0.396 e. The molecule has 0 radical (unpaired) electrons. The third kappa shape index (κ3) is 1.93. The van der Waals surface area contributed by atoms with Gasteiger partial charge in [0.1, 0.15) is 0 Å². The molecule has 0 bridgehead atoms.